The average molecular weight is 281 g/mol. The molecule has 1 atom stereocenters. The van der Waals surface area contributed by atoms with Gasteiger partial charge in [0.2, 0.25) is 0 Å². The van der Waals surface area contributed by atoms with E-state index in [4.69, 9.17) is 21.1 Å². The van der Waals surface area contributed by atoms with E-state index >= 15 is 0 Å². The van der Waals surface area contributed by atoms with Crippen molar-refractivity contribution in [2.75, 3.05) is 12.7 Å². The third kappa shape index (κ3) is 2.43. The van der Waals surface area contributed by atoms with Crippen molar-refractivity contribution in [2.45, 2.75) is 19.1 Å². The largest absolute Gasteiger partial charge is 0.446 e. The van der Waals surface area contributed by atoms with E-state index in [0.717, 1.165) is 30.6 Å². The number of carbonyl (C=O) groups excluding carboxylic acids is 1. The number of alkyl halides is 1. The molecule has 1 aliphatic heterocycles. The average Bonchev–Trinajstić information content (AvgIpc) is 2.76. The summed E-state index contributed by atoms with van der Waals surface area (Å²) in [6.07, 6.45) is 3.08. The number of aromatic nitrogens is 2. The lowest BCUT2D eigenvalue weighted by Crippen LogP contribution is -2.30. The summed E-state index contributed by atoms with van der Waals surface area (Å²) in [7, 11) is 0. The molecule has 6 heteroatoms. The molecule has 1 unspecified atom stereocenters. The number of carbonyl (C=O) groups is 1. The summed E-state index contributed by atoms with van der Waals surface area (Å²) in [6.45, 7) is 1.58. The molecule has 0 radical (unpaired) electrons. The molecule has 3 rings (SSSR count). The van der Waals surface area contributed by atoms with Crippen LogP contribution in [0.3, 0.4) is 0 Å². The van der Waals surface area contributed by atoms with Crippen LogP contribution in [0.5, 0.6) is 0 Å². The van der Waals surface area contributed by atoms with Gasteiger partial charge in [0.05, 0.1) is 35.6 Å². The number of ether oxygens (including phenoxy) is 2. The minimum Gasteiger partial charge on any atom is -0.446 e. The van der Waals surface area contributed by atoms with Crippen LogP contribution < -0.4 is 0 Å². The van der Waals surface area contributed by atoms with Crippen molar-refractivity contribution < 1.29 is 14.3 Å². The van der Waals surface area contributed by atoms with Gasteiger partial charge in [-0.15, -0.1) is 0 Å². The molecule has 0 amide bonds. The van der Waals surface area contributed by atoms with Crippen LogP contribution in [0.2, 0.25) is 0 Å². The zero-order chi connectivity index (χ0) is 13.2. The van der Waals surface area contributed by atoms with E-state index in [0.29, 0.717) is 5.56 Å². The zero-order valence-corrected chi connectivity index (χ0v) is 11.0. The first kappa shape index (κ1) is 12.4. The molecule has 2 aromatic rings. The number of esters is 1. The Morgan fingerprint density at radius 1 is 1.58 bits per heavy atom. The predicted octanol–water partition coefficient (Wildman–Crippen LogP) is 2.18. The van der Waals surface area contributed by atoms with Crippen molar-refractivity contribution in [3.05, 3.63) is 30.1 Å². The minimum absolute atomic E-state index is 0.147. The molecule has 1 saturated heterocycles. The van der Waals surface area contributed by atoms with E-state index in [9.17, 15) is 4.79 Å². The molecule has 2 heterocycles. The van der Waals surface area contributed by atoms with Gasteiger partial charge in [0.15, 0.2) is 6.07 Å². The maximum absolute atomic E-state index is 11.7. The van der Waals surface area contributed by atoms with Crippen LogP contribution in [0.25, 0.3) is 11.0 Å². The Kier molecular flexibility index (Phi) is 3.40. The number of imidazole rings is 1. The second-order valence-corrected chi connectivity index (χ2v) is 4.64. The number of benzene rings is 1. The van der Waals surface area contributed by atoms with Gasteiger partial charge in [-0.2, -0.15) is 0 Å². The van der Waals surface area contributed by atoms with Crippen molar-refractivity contribution >= 4 is 28.6 Å². The quantitative estimate of drug-likeness (QED) is 0.636. The second-order valence-electron chi connectivity index (χ2n) is 4.42. The number of nitrogens with zero attached hydrogens (tertiary/aromatic N) is 2. The Bertz CT molecular complexity index is 607. The van der Waals surface area contributed by atoms with Crippen molar-refractivity contribution in [3.8, 4) is 0 Å². The maximum Gasteiger partial charge on any atom is 0.339 e. The summed E-state index contributed by atoms with van der Waals surface area (Å²) in [5, 5.41) is 0. The van der Waals surface area contributed by atoms with E-state index in [2.05, 4.69) is 4.98 Å². The highest BCUT2D eigenvalue weighted by Gasteiger charge is 2.19. The van der Waals surface area contributed by atoms with Gasteiger partial charge in [-0.3, -0.25) is 0 Å². The van der Waals surface area contributed by atoms with Crippen LogP contribution in [0.4, 0.5) is 0 Å². The minimum atomic E-state index is -0.426. The molecule has 0 aliphatic carbocycles. The van der Waals surface area contributed by atoms with E-state index in [-0.39, 0.29) is 12.2 Å². The molecular formula is C13H13ClN2O3. The lowest BCUT2D eigenvalue weighted by molar-refractivity contribution is -0.0586. The summed E-state index contributed by atoms with van der Waals surface area (Å²) in [5.74, 6) is -0.426. The molecule has 0 bridgehead atoms. The first-order valence-electron chi connectivity index (χ1n) is 6.07. The van der Waals surface area contributed by atoms with Crippen LogP contribution in [0.15, 0.2) is 24.5 Å². The highest BCUT2D eigenvalue weighted by atomic mass is 35.5. The summed E-state index contributed by atoms with van der Waals surface area (Å²) in [4.78, 5) is 16.0. The molecule has 5 nitrogen and oxygen atoms in total. The summed E-state index contributed by atoms with van der Waals surface area (Å²) >= 11 is 5.39. The maximum atomic E-state index is 11.7. The van der Waals surface area contributed by atoms with E-state index in [1.807, 2.05) is 4.57 Å². The number of hydrogen-bond acceptors (Lipinski definition) is 4. The third-order valence-corrected chi connectivity index (χ3v) is 3.35. The Morgan fingerprint density at radius 2 is 2.42 bits per heavy atom. The van der Waals surface area contributed by atoms with Crippen LogP contribution in [-0.2, 0) is 16.0 Å². The second kappa shape index (κ2) is 5.19. The molecule has 19 heavy (non-hydrogen) atoms. The van der Waals surface area contributed by atoms with Crippen molar-refractivity contribution in [3.63, 3.8) is 0 Å². The van der Waals surface area contributed by atoms with Crippen molar-refractivity contribution in [1.29, 1.82) is 0 Å². The fourth-order valence-electron chi connectivity index (χ4n) is 2.11. The summed E-state index contributed by atoms with van der Waals surface area (Å²) < 4.78 is 12.2. The molecule has 100 valence electrons. The number of halogens is 1. The van der Waals surface area contributed by atoms with Crippen molar-refractivity contribution in [1.82, 2.24) is 9.55 Å². The van der Waals surface area contributed by atoms with Gasteiger partial charge < -0.3 is 14.0 Å². The van der Waals surface area contributed by atoms with Crippen LogP contribution >= 0.6 is 11.6 Å². The standard InChI is InChI=1S/C13H13ClN2O3/c14-7-19-13(17)9-1-2-11-12(5-9)16(8-15-11)6-10-3-4-18-10/h1-2,5,8,10H,3-4,6-7H2. The van der Waals surface area contributed by atoms with Gasteiger partial charge in [0, 0.05) is 6.61 Å². The lowest BCUT2D eigenvalue weighted by Gasteiger charge is -2.26. The number of rotatable bonds is 4. The SMILES string of the molecule is O=C(OCCl)c1ccc2ncn(CC3CCO3)c2c1. The van der Waals surface area contributed by atoms with Gasteiger partial charge in [-0.05, 0) is 24.6 Å². The normalized spacial score (nSPS) is 18.3. The topological polar surface area (TPSA) is 53.3 Å². The first-order valence-corrected chi connectivity index (χ1v) is 6.61. The Morgan fingerprint density at radius 3 is 3.11 bits per heavy atom. The van der Waals surface area contributed by atoms with Gasteiger partial charge >= 0.3 is 5.97 Å². The number of hydrogen-bond donors (Lipinski definition) is 0. The first-order chi connectivity index (χ1) is 9.28. The van der Waals surface area contributed by atoms with Gasteiger partial charge in [-0.1, -0.05) is 11.6 Å². The molecule has 0 saturated carbocycles. The van der Waals surface area contributed by atoms with Crippen LogP contribution in [-0.4, -0.2) is 34.3 Å². The summed E-state index contributed by atoms with van der Waals surface area (Å²) in [5.41, 5.74) is 2.23. The Balaban J connectivity index is 1.90. The van der Waals surface area contributed by atoms with E-state index < -0.39 is 5.97 Å². The smallest absolute Gasteiger partial charge is 0.339 e. The lowest BCUT2D eigenvalue weighted by atomic mass is 10.1. The molecule has 0 spiro atoms. The number of fused-ring (bicyclic) bond motifs is 1. The summed E-state index contributed by atoms with van der Waals surface area (Å²) in [6, 6.07) is 5.12. The Hall–Kier alpha value is -1.59. The molecule has 0 N–H and O–H groups in total. The fourth-order valence-corrected chi connectivity index (χ4v) is 2.21. The van der Waals surface area contributed by atoms with Crippen LogP contribution in [0, 0.1) is 0 Å². The predicted molar refractivity (Wildman–Crippen MR) is 70.2 cm³/mol. The molecule has 1 fully saturated rings. The molecule has 1 aromatic heterocycles. The highest BCUT2D eigenvalue weighted by molar-refractivity contribution is 6.17. The third-order valence-electron chi connectivity index (χ3n) is 3.24. The van der Waals surface area contributed by atoms with E-state index in [1.165, 1.54) is 0 Å². The van der Waals surface area contributed by atoms with Gasteiger partial charge in [0.1, 0.15) is 0 Å². The van der Waals surface area contributed by atoms with Gasteiger partial charge in [0.25, 0.3) is 0 Å². The van der Waals surface area contributed by atoms with Crippen LogP contribution in [0.1, 0.15) is 16.8 Å². The molecule has 1 aromatic carbocycles. The van der Waals surface area contributed by atoms with Gasteiger partial charge in [-0.25, -0.2) is 9.78 Å². The monoisotopic (exact) mass is 280 g/mol. The zero-order valence-electron chi connectivity index (χ0n) is 10.2. The van der Waals surface area contributed by atoms with E-state index in [1.54, 1.807) is 24.5 Å². The fraction of sp³-hybridized carbons (Fsp3) is 0.385. The molecule has 1 aliphatic rings. The molecular weight excluding hydrogens is 268 g/mol. The Labute approximate surface area is 115 Å². The highest BCUT2D eigenvalue weighted by Crippen LogP contribution is 2.19. The van der Waals surface area contributed by atoms with Crippen molar-refractivity contribution in [2.24, 2.45) is 0 Å².